The molecule has 0 unspecified atom stereocenters. The van der Waals surface area contributed by atoms with E-state index in [0.717, 1.165) is 30.5 Å². The maximum Gasteiger partial charge on any atom is 0.290 e. The number of hydrogen-bond donors (Lipinski definition) is 1. The van der Waals surface area contributed by atoms with Gasteiger partial charge in [0.1, 0.15) is 0 Å². The summed E-state index contributed by atoms with van der Waals surface area (Å²) < 4.78 is 5.96. The first-order valence-corrected chi connectivity index (χ1v) is 6.68. The molecule has 5 heteroatoms. The number of amides is 1. The summed E-state index contributed by atoms with van der Waals surface area (Å²) in [5.41, 5.74) is 0. The molecule has 0 aliphatic carbocycles. The van der Waals surface area contributed by atoms with Crippen molar-refractivity contribution >= 4 is 21.8 Å². The predicted octanol–water partition coefficient (Wildman–Crippen LogP) is 2.11. The van der Waals surface area contributed by atoms with Crippen molar-refractivity contribution in [3.05, 3.63) is 22.6 Å². The molecule has 1 aromatic heterocycles. The predicted molar refractivity (Wildman–Crippen MR) is 69.0 cm³/mol. The number of nitrogens with one attached hydrogen (secondary N) is 1. The van der Waals surface area contributed by atoms with Gasteiger partial charge in [0.15, 0.2) is 0 Å². The normalized spacial score (nSPS) is 20.6. The van der Waals surface area contributed by atoms with E-state index in [2.05, 4.69) is 21.2 Å². The standard InChI is InChI=1S/C12H17BrN2O2/c1-14-7-9-3-2-5-15(8-9)12(16)11-10(13)4-6-17-11/h4,6,9,14H,2-3,5,7-8H2,1H3/t9-/m1/s1. The molecular formula is C12H17BrN2O2. The van der Waals surface area contributed by atoms with Gasteiger partial charge in [-0.15, -0.1) is 0 Å². The SMILES string of the molecule is CNC[C@H]1CCCN(C(=O)c2occc2Br)C1. The molecule has 1 fully saturated rings. The van der Waals surface area contributed by atoms with Gasteiger partial charge in [0, 0.05) is 13.1 Å². The highest BCUT2D eigenvalue weighted by atomic mass is 79.9. The molecule has 0 radical (unpaired) electrons. The third-order valence-electron chi connectivity index (χ3n) is 3.11. The van der Waals surface area contributed by atoms with E-state index in [0.29, 0.717) is 11.7 Å². The van der Waals surface area contributed by atoms with E-state index >= 15 is 0 Å². The van der Waals surface area contributed by atoms with Crippen LogP contribution in [0, 0.1) is 5.92 Å². The van der Waals surface area contributed by atoms with E-state index < -0.39 is 0 Å². The average Bonchev–Trinajstić information content (AvgIpc) is 2.75. The molecule has 0 bridgehead atoms. The number of carbonyl (C=O) groups is 1. The van der Waals surface area contributed by atoms with Crippen molar-refractivity contribution in [2.24, 2.45) is 5.92 Å². The monoisotopic (exact) mass is 300 g/mol. The molecule has 94 valence electrons. The molecule has 1 amide bonds. The van der Waals surface area contributed by atoms with E-state index in [-0.39, 0.29) is 5.91 Å². The minimum Gasteiger partial charge on any atom is -0.458 e. The van der Waals surface area contributed by atoms with Crippen molar-refractivity contribution in [1.82, 2.24) is 10.2 Å². The molecular weight excluding hydrogens is 284 g/mol. The Morgan fingerprint density at radius 2 is 2.53 bits per heavy atom. The molecule has 0 aromatic carbocycles. The number of likely N-dealkylation sites (tertiary alicyclic amines) is 1. The molecule has 2 heterocycles. The van der Waals surface area contributed by atoms with Crippen LogP contribution >= 0.6 is 15.9 Å². The Kier molecular flexibility index (Phi) is 4.23. The quantitative estimate of drug-likeness (QED) is 0.930. The van der Waals surface area contributed by atoms with E-state index in [1.54, 1.807) is 6.07 Å². The molecule has 1 aromatic rings. The second kappa shape index (κ2) is 5.69. The smallest absolute Gasteiger partial charge is 0.290 e. The van der Waals surface area contributed by atoms with Crippen molar-refractivity contribution < 1.29 is 9.21 Å². The van der Waals surface area contributed by atoms with Crippen LogP contribution in [0.4, 0.5) is 0 Å². The second-order valence-corrected chi connectivity index (χ2v) is 5.27. The highest BCUT2D eigenvalue weighted by Crippen LogP contribution is 2.23. The van der Waals surface area contributed by atoms with Crippen LogP contribution in [0.25, 0.3) is 0 Å². The van der Waals surface area contributed by atoms with Crippen molar-refractivity contribution in [2.45, 2.75) is 12.8 Å². The fourth-order valence-electron chi connectivity index (χ4n) is 2.29. The fraction of sp³-hybridized carbons (Fsp3) is 0.583. The molecule has 1 N–H and O–H groups in total. The number of nitrogens with zero attached hydrogens (tertiary/aromatic N) is 1. The van der Waals surface area contributed by atoms with Gasteiger partial charge in [-0.2, -0.15) is 0 Å². The first-order valence-electron chi connectivity index (χ1n) is 5.89. The van der Waals surface area contributed by atoms with Gasteiger partial charge in [-0.1, -0.05) is 0 Å². The van der Waals surface area contributed by atoms with Gasteiger partial charge >= 0.3 is 0 Å². The molecule has 4 nitrogen and oxygen atoms in total. The largest absolute Gasteiger partial charge is 0.458 e. The van der Waals surface area contributed by atoms with Crippen LogP contribution in [0.1, 0.15) is 23.4 Å². The van der Waals surface area contributed by atoms with Crippen LogP contribution in [0.2, 0.25) is 0 Å². The lowest BCUT2D eigenvalue weighted by Gasteiger charge is -2.32. The summed E-state index contributed by atoms with van der Waals surface area (Å²) in [5, 5.41) is 3.17. The summed E-state index contributed by atoms with van der Waals surface area (Å²) >= 11 is 3.33. The van der Waals surface area contributed by atoms with Gasteiger partial charge in [0.2, 0.25) is 5.76 Å². The molecule has 17 heavy (non-hydrogen) atoms. The lowest BCUT2D eigenvalue weighted by molar-refractivity contribution is 0.0641. The zero-order valence-electron chi connectivity index (χ0n) is 9.91. The fourth-order valence-corrected chi connectivity index (χ4v) is 2.67. The minimum atomic E-state index is -0.0114. The van der Waals surface area contributed by atoms with Crippen molar-refractivity contribution in [2.75, 3.05) is 26.7 Å². The molecule has 1 aliphatic rings. The first kappa shape index (κ1) is 12.6. The first-order chi connectivity index (χ1) is 8.22. The maximum atomic E-state index is 12.2. The molecule has 1 aliphatic heterocycles. The van der Waals surface area contributed by atoms with E-state index in [4.69, 9.17) is 4.42 Å². The number of halogens is 1. The van der Waals surface area contributed by atoms with Gasteiger partial charge in [-0.25, -0.2) is 0 Å². The van der Waals surface area contributed by atoms with Crippen LogP contribution in [0.15, 0.2) is 21.2 Å². The van der Waals surface area contributed by atoms with Crippen LogP contribution in [-0.4, -0.2) is 37.5 Å². The number of piperidine rings is 1. The van der Waals surface area contributed by atoms with Crippen LogP contribution in [-0.2, 0) is 0 Å². The summed E-state index contributed by atoms with van der Waals surface area (Å²) in [6.07, 6.45) is 3.78. The molecule has 1 atom stereocenters. The number of hydrogen-bond acceptors (Lipinski definition) is 3. The summed E-state index contributed by atoms with van der Waals surface area (Å²) in [5.74, 6) is 0.948. The van der Waals surface area contributed by atoms with Crippen LogP contribution in [0.3, 0.4) is 0 Å². The van der Waals surface area contributed by atoms with Gasteiger partial charge in [-0.3, -0.25) is 4.79 Å². The Bertz CT molecular complexity index is 390. The topological polar surface area (TPSA) is 45.5 Å². The number of furan rings is 1. The lowest BCUT2D eigenvalue weighted by Crippen LogP contribution is -2.42. The molecule has 0 spiro atoms. The Balaban J connectivity index is 2.02. The number of carbonyl (C=O) groups excluding carboxylic acids is 1. The van der Waals surface area contributed by atoms with Gasteiger partial charge in [0.05, 0.1) is 10.7 Å². The Morgan fingerprint density at radius 3 is 3.18 bits per heavy atom. The second-order valence-electron chi connectivity index (χ2n) is 4.41. The van der Waals surface area contributed by atoms with Crippen molar-refractivity contribution in [3.8, 4) is 0 Å². The van der Waals surface area contributed by atoms with E-state index in [1.165, 1.54) is 12.7 Å². The van der Waals surface area contributed by atoms with Gasteiger partial charge in [0.25, 0.3) is 5.91 Å². The summed E-state index contributed by atoms with van der Waals surface area (Å²) in [6.45, 7) is 2.60. The minimum absolute atomic E-state index is 0.0114. The highest BCUT2D eigenvalue weighted by Gasteiger charge is 2.26. The summed E-state index contributed by atoms with van der Waals surface area (Å²) in [6, 6.07) is 1.75. The van der Waals surface area contributed by atoms with Gasteiger partial charge < -0.3 is 14.6 Å². The zero-order chi connectivity index (χ0) is 12.3. The maximum absolute atomic E-state index is 12.2. The summed E-state index contributed by atoms with van der Waals surface area (Å²) in [7, 11) is 1.95. The van der Waals surface area contributed by atoms with Crippen LogP contribution in [0.5, 0.6) is 0 Å². The van der Waals surface area contributed by atoms with Crippen molar-refractivity contribution in [1.29, 1.82) is 0 Å². The van der Waals surface area contributed by atoms with Crippen LogP contribution < -0.4 is 5.32 Å². The summed E-state index contributed by atoms with van der Waals surface area (Å²) in [4.78, 5) is 14.1. The molecule has 1 saturated heterocycles. The molecule has 0 saturated carbocycles. The lowest BCUT2D eigenvalue weighted by atomic mass is 9.98. The zero-order valence-corrected chi connectivity index (χ0v) is 11.5. The molecule has 2 rings (SSSR count). The Morgan fingerprint density at radius 1 is 1.71 bits per heavy atom. The van der Waals surface area contributed by atoms with Crippen molar-refractivity contribution in [3.63, 3.8) is 0 Å². The Labute approximate surface area is 109 Å². The number of rotatable bonds is 3. The average molecular weight is 301 g/mol. The Hall–Kier alpha value is -0.810. The third kappa shape index (κ3) is 2.90. The highest BCUT2D eigenvalue weighted by molar-refractivity contribution is 9.10. The third-order valence-corrected chi connectivity index (χ3v) is 3.73. The van der Waals surface area contributed by atoms with E-state index in [9.17, 15) is 4.79 Å². The van der Waals surface area contributed by atoms with Gasteiger partial charge in [-0.05, 0) is 54.3 Å². The van der Waals surface area contributed by atoms with E-state index in [1.807, 2.05) is 11.9 Å².